The molecular formula is C17H20FN3O2S. The summed E-state index contributed by atoms with van der Waals surface area (Å²) in [5.74, 6) is 0.336. The fraction of sp³-hybridized carbons (Fsp3) is 0.412. The van der Waals surface area contributed by atoms with Gasteiger partial charge in [-0.1, -0.05) is 6.42 Å². The highest BCUT2D eigenvalue weighted by Crippen LogP contribution is 2.26. The number of hydrogen-bond acceptors (Lipinski definition) is 5. The number of nitrogens with one attached hydrogen (secondary N) is 1. The molecule has 1 aliphatic carbocycles. The van der Waals surface area contributed by atoms with Crippen LogP contribution in [0.5, 0.6) is 0 Å². The van der Waals surface area contributed by atoms with E-state index in [0.717, 1.165) is 24.8 Å². The van der Waals surface area contributed by atoms with Crippen molar-refractivity contribution in [3.8, 4) is 11.3 Å². The van der Waals surface area contributed by atoms with Crippen molar-refractivity contribution in [2.75, 3.05) is 11.6 Å². The van der Waals surface area contributed by atoms with E-state index >= 15 is 0 Å². The van der Waals surface area contributed by atoms with E-state index in [4.69, 9.17) is 0 Å². The van der Waals surface area contributed by atoms with Gasteiger partial charge in [-0.25, -0.2) is 12.8 Å². The number of sulfone groups is 1. The van der Waals surface area contributed by atoms with E-state index in [-0.39, 0.29) is 17.1 Å². The molecule has 0 saturated heterocycles. The number of benzene rings is 1. The molecule has 0 spiro atoms. The molecule has 3 rings (SSSR count). The van der Waals surface area contributed by atoms with Crippen LogP contribution in [0.15, 0.2) is 36.4 Å². The first kappa shape index (κ1) is 16.8. The molecule has 1 saturated carbocycles. The number of hydrogen-bond donors (Lipinski definition) is 1. The van der Waals surface area contributed by atoms with Crippen molar-refractivity contribution in [2.45, 2.75) is 37.0 Å². The molecule has 1 heterocycles. The largest absolute Gasteiger partial charge is 0.366 e. The molecule has 2 unspecified atom stereocenters. The van der Waals surface area contributed by atoms with Gasteiger partial charge in [-0.2, -0.15) is 0 Å². The third-order valence-corrected chi connectivity index (χ3v) is 6.03. The molecule has 0 bridgehead atoms. The van der Waals surface area contributed by atoms with Crippen LogP contribution in [0.3, 0.4) is 0 Å². The maximum absolute atomic E-state index is 13.0. The Balaban J connectivity index is 1.67. The molecule has 2 atom stereocenters. The van der Waals surface area contributed by atoms with E-state index in [0.29, 0.717) is 17.9 Å². The van der Waals surface area contributed by atoms with Crippen molar-refractivity contribution in [1.82, 2.24) is 10.2 Å². The lowest BCUT2D eigenvalue weighted by atomic mass is 9.95. The predicted molar refractivity (Wildman–Crippen MR) is 91.9 cm³/mol. The Kier molecular flexibility index (Phi) is 4.80. The molecule has 1 aromatic heterocycles. The third kappa shape index (κ3) is 4.08. The van der Waals surface area contributed by atoms with Gasteiger partial charge in [0, 0.05) is 17.9 Å². The van der Waals surface area contributed by atoms with Crippen molar-refractivity contribution >= 4 is 15.7 Å². The van der Waals surface area contributed by atoms with Crippen LogP contribution in [-0.4, -0.2) is 36.2 Å². The second kappa shape index (κ2) is 6.84. The van der Waals surface area contributed by atoms with Crippen molar-refractivity contribution in [3.63, 3.8) is 0 Å². The summed E-state index contributed by atoms with van der Waals surface area (Å²) in [5, 5.41) is 11.3. The molecule has 5 nitrogen and oxygen atoms in total. The summed E-state index contributed by atoms with van der Waals surface area (Å²) in [7, 11) is -3.00. The topological polar surface area (TPSA) is 72.0 Å². The minimum absolute atomic E-state index is 0.0875. The highest BCUT2D eigenvalue weighted by Gasteiger charge is 2.28. The molecule has 7 heteroatoms. The van der Waals surface area contributed by atoms with E-state index in [1.54, 1.807) is 12.1 Å². The Labute approximate surface area is 141 Å². The van der Waals surface area contributed by atoms with E-state index in [1.165, 1.54) is 18.4 Å². The van der Waals surface area contributed by atoms with Crippen molar-refractivity contribution in [2.24, 2.45) is 0 Å². The monoisotopic (exact) mass is 349 g/mol. The van der Waals surface area contributed by atoms with Crippen LogP contribution in [0.1, 0.15) is 25.7 Å². The summed E-state index contributed by atoms with van der Waals surface area (Å²) in [6.45, 7) is 0. The molecule has 1 aliphatic rings. The van der Waals surface area contributed by atoms with E-state index < -0.39 is 9.84 Å². The number of nitrogens with zero attached hydrogens (tertiary/aromatic N) is 2. The smallest absolute Gasteiger partial charge is 0.150 e. The molecule has 128 valence electrons. The minimum atomic E-state index is -3.00. The molecule has 1 fully saturated rings. The molecule has 2 aromatic rings. The lowest BCUT2D eigenvalue weighted by molar-refractivity contribution is 0.452. The highest BCUT2D eigenvalue weighted by atomic mass is 32.2. The van der Waals surface area contributed by atoms with E-state index in [1.807, 2.05) is 12.1 Å². The van der Waals surface area contributed by atoms with Gasteiger partial charge in [0.15, 0.2) is 0 Å². The molecule has 0 radical (unpaired) electrons. The fourth-order valence-electron chi connectivity index (χ4n) is 3.06. The van der Waals surface area contributed by atoms with Crippen LogP contribution in [0, 0.1) is 5.82 Å². The lowest BCUT2D eigenvalue weighted by Gasteiger charge is -2.28. The maximum Gasteiger partial charge on any atom is 0.150 e. The molecule has 24 heavy (non-hydrogen) atoms. The van der Waals surface area contributed by atoms with Crippen LogP contribution in [0.4, 0.5) is 10.2 Å². The van der Waals surface area contributed by atoms with Crippen LogP contribution in [-0.2, 0) is 9.84 Å². The van der Waals surface area contributed by atoms with Crippen molar-refractivity contribution < 1.29 is 12.8 Å². The van der Waals surface area contributed by atoms with Gasteiger partial charge in [0.25, 0.3) is 0 Å². The first-order chi connectivity index (χ1) is 11.4. The maximum atomic E-state index is 13.0. The summed E-state index contributed by atoms with van der Waals surface area (Å²) in [4.78, 5) is 0. The zero-order valence-corrected chi connectivity index (χ0v) is 14.3. The molecule has 0 amide bonds. The predicted octanol–water partition coefficient (Wildman–Crippen LogP) is 3.05. The standard InChI is InChI=1S/C17H20FN3O2S/c1-24(22,23)15-4-2-3-14(11-15)19-17-10-9-16(20-21-17)12-5-7-13(18)8-6-12/h5-10,14-15H,2-4,11H2,1H3,(H,19,21). The van der Waals surface area contributed by atoms with E-state index in [9.17, 15) is 12.8 Å². The van der Waals surface area contributed by atoms with Crippen LogP contribution in [0.25, 0.3) is 11.3 Å². The van der Waals surface area contributed by atoms with Crippen molar-refractivity contribution in [3.05, 3.63) is 42.2 Å². The molecule has 1 N–H and O–H groups in total. The first-order valence-electron chi connectivity index (χ1n) is 7.97. The number of halogens is 1. The van der Waals surface area contributed by atoms with Gasteiger partial charge in [0.05, 0.1) is 10.9 Å². The average Bonchev–Trinajstić information content (AvgIpc) is 2.56. The lowest BCUT2D eigenvalue weighted by Crippen LogP contribution is -2.34. The van der Waals surface area contributed by atoms with Gasteiger partial charge in [0.2, 0.25) is 0 Å². The van der Waals surface area contributed by atoms with Crippen LogP contribution in [0.2, 0.25) is 0 Å². The summed E-state index contributed by atoms with van der Waals surface area (Å²) in [5.41, 5.74) is 1.46. The van der Waals surface area contributed by atoms with Crippen molar-refractivity contribution in [1.29, 1.82) is 0 Å². The second-order valence-corrected chi connectivity index (χ2v) is 8.60. The highest BCUT2D eigenvalue weighted by molar-refractivity contribution is 7.91. The van der Waals surface area contributed by atoms with Gasteiger partial charge in [-0.05, 0) is 55.7 Å². The number of anilines is 1. The Bertz CT molecular complexity index is 792. The van der Waals surface area contributed by atoms with Gasteiger partial charge >= 0.3 is 0 Å². The molecule has 0 aliphatic heterocycles. The summed E-state index contributed by atoms with van der Waals surface area (Å²) < 4.78 is 36.4. The summed E-state index contributed by atoms with van der Waals surface area (Å²) >= 11 is 0. The van der Waals surface area contributed by atoms with Gasteiger partial charge in [0.1, 0.15) is 21.5 Å². The summed E-state index contributed by atoms with van der Waals surface area (Å²) in [6.07, 6.45) is 4.44. The summed E-state index contributed by atoms with van der Waals surface area (Å²) in [6, 6.07) is 9.81. The Morgan fingerprint density at radius 1 is 1.08 bits per heavy atom. The van der Waals surface area contributed by atoms with Crippen LogP contribution >= 0.6 is 0 Å². The minimum Gasteiger partial charge on any atom is -0.366 e. The SMILES string of the molecule is CS(=O)(=O)C1CCCC(Nc2ccc(-c3ccc(F)cc3)nn2)C1. The third-order valence-electron chi connectivity index (χ3n) is 4.39. The zero-order chi connectivity index (χ0) is 17.2. The van der Waals surface area contributed by atoms with Gasteiger partial charge < -0.3 is 5.32 Å². The first-order valence-corrected chi connectivity index (χ1v) is 9.92. The van der Waals surface area contributed by atoms with Gasteiger partial charge in [-0.15, -0.1) is 10.2 Å². The van der Waals surface area contributed by atoms with E-state index in [2.05, 4.69) is 15.5 Å². The van der Waals surface area contributed by atoms with Crippen LogP contribution < -0.4 is 5.32 Å². The number of rotatable bonds is 4. The molecular weight excluding hydrogens is 329 g/mol. The normalized spacial score (nSPS) is 21.4. The number of aromatic nitrogens is 2. The Hall–Kier alpha value is -2.02. The fourth-order valence-corrected chi connectivity index (χ4v) is 4.23. The average molecular weight is 349 g/mol. The Morgan fingerprint density at radius 2 is 1.83 bits per heavy atom. The van der Waals surface area contributed by atoms with Gasteiger partial charge in [-0.3, -0.25) is 0 Å². The molecule has 1 aromatic carbocycles. The quantitative estimate of drug-likeness (QED) is 0.918. The second-order valence-electron chi connectivity index (χ2n) is 6.27. The Morgan fingerprint density at radius 3 is 2.46 bits per heavy atom. The zero-order valence-electron chi connectivity index (χ0n) is 13.4.